The zero-order valence-electron chi connectivity index (χ0n) is 25.1. The van der Waals surface area contributed by atoms with E-state index in [9.17, 15) is 0 Å². The van der Waals surface area contributed by atoms with Gasteiger partial charge in [-0.25, -0.2) is 15.0 Å². The van der Waals surface area contributed by atoms with Crippen LogP contribution < -0.4 is 0 Å². The molecular weight excluding hydrogens is 546 g/mol. The van der Waals surface area contributed by atoms with Gasteiger partial charge in [-0.1, -0.05) is 147 Å². The molecule has 3 nitrogen and oxygen atoms in total. The first-order chi connectivity index (χ1) is 22.1. The zero-order chi connectivity index (χ0) is 30.1. The topological polar surface area (TPSA) is 38.7 Å². The van der Waals surface area contributed by atoms with Gasteiger partial charge in [0.05, 0.1) is 0 Å². The molecule has 0 fully saturated rings. The van der Waals surface area contributed by atoms with Crippen LogP contribution in [0, 0.1) is 0 Å². The van der Waals surface area contributed by atoms with Crippen LogP contribution >= 0.6 is 0 Å². The van der Waals surface area contributed by atoms with Crippen molar-refractivity contribution in [2.75, 3.05) is 0 Å². The first-order valence-electron chi connectivity index (χ1n) is 15.5. The summed E-state index contributed by atoms with van der Waals surface area (Å²) < 4.78 is 0. The molecule has 0 spiro atoms. The Morgan fingerprint density at radius 3 is 1.91 bits per heavy atom. The Morgan fingerprint density at radius 2 is 1.04 bits per heavy atom. The third-order valence-electron chi connectivity index (χ3n) is 9.51. The summed E-state index contributed by atoms with van der Waals surface area (Å²) in [5.41, 5.74) is 7.99. The maximum Gasteiger partial charge on any atom is 0.165 e. The minimum absolute atomic E-state index is 0.118. The summed E-state index contributed by atoms with van der Waals surface area (Å²) in [6.07, 6.45) is 0. The summed E-state index contributed by atoms with van der Waals surface area (Å²) in [6, 6.07) is 49.5. The highest BCUT2D eigenvalue weighted by Crippen LogP contribution is 2.51. The lowest BCUT2D eigenvalue weighted by molar-refractivity contribution is 0.660. The Morgan fingerprint density at radius 1 is 0.400 bits per heavy atom. The van der Waals surface area contributed by atoms with Gasteiger partial charge in [0.2, 0.25) is 0 Å². The smallest absolute Gasteiger partial charge is 0.165 e. The maximum absolute atomic E-state index is 5.36. The third-order valence-corrected chi connectivity index (χ3v) is 9.51. The molecule has 0 radical (unpaired) electrons. The van der Waals surface area contributed by atoms with Crippen LogP contribution in [-0.2, 0) is 5.41 Å². The SMILES string of the molecule is CC1(C)c2ccccc2-c2c(-c3nc(-c4ccccc4)nc(-c4c5ccccc5cc5c4ccc4ccccc45)n3)cccc21. The number of nitrogens with zero attached hydrogens (tertiary/aromatic N) is 3. The highest BCUT2D eigenvalue weighted by atomic mass is 15.0. The molecule has 0 unspecified atom stereocenters. The van der Waals surface area contributed by atoms with Gasteiger partial charge in [0, 0.05) is 22.1 Å². The van der Waals surface area contributed by atoms with Crippen LogP contribution in [0.5, 0.6) is 0 Å². The summed E-state index contributed by atoms with van der Waals surface area (Å²) in [4.78, 5) is 15.8. The predicted octanol–water partition coefficient (Wildman–Crippen LogP) is 10.6. The standard InChI is InChI=1S/C42H29N3/c1-42(2)35-21-11-10-19-32(35)37-33(20-12-22-36(37)42)40-43-39(27-14-4-3-5-15-27)44-41(45-40)38-30-18-9-7-16-28(30)25-34-29-17-8-6-13-26(29)23-24-31(34)38/h3-25H,1-2H3. The van der Waals surface area contributed by atoms with E-state index in [0.29, 0.717) is 17.5 Å². The lowest BCUT2D eigenvalue weighted by atomic mass is 9.82. The van der Waals surface area contributed by atoms with Crippen LogP contribution in [0.1, 0.15) is 25.0 Å². The molecule has 1 aromatic heterocycles. The highest BCUT2D eigenvalue weighted by molar-refractivity contribution is 6.19. The Hall–Kier alpha value is -5.67. The van der Waals surface area contributed by atoms with E-state index in [1.165, 1.54) is 38.4 Å². The normalized spacial score (nSPS) is 13.3. The number of rotatable bonds is 3. The summed E-state index contributed by atoms with van der Waals surface area (Å²) in [5, 5.41) is 7.06. The monoisotopic (exact) mass is 575 g/mol. The van der Waals surface area contributed by atoms with E-state index >= 15 is 0 Å². The Balaban J connectivity index is 1.40. The molecule has 3 heteroatoms. The number of aromatic nitrogens is 3. The van der Waals surface area contributed by atoms with E-state index in [4.69, 9.17) is 15.0 Å². The summed E-state index contributed by atoms with van der Waals surface area (Å²) in [7, 11) is 0. The van der Waals surface area contributed by atoms with Crippen LogP contribution in [0.4, 0.5) is 0 Å². The van der Waals surface area contributed by atoms with Crippen molar-refractivity contribution in [1.82, 2.24) is 15.0 Å². The molecule has 1 aliphatic rings. The highest BCUT2D eigenvalue weighted by Gasteiger charge is 2.37. The Bertz CT molecular complexity index is 2460. The Kier molecular flexibility index (Phi) is 5.54. The average Bonchev–Trinajstić information content (AvgIpc) is 3.33. The summed E-state index contributed by atoms with van der Waals surface area (Å²) in [5.74, 6) is 2.03. The van der Waals surface area contributed by atoms with E-state index in [-0.39, 0.29) is 5.41 Å². The third kappa shape index (κ3) is 3.87. The molecule has 9 rings (SSSR count). The van der Waals surface area contributed by atoms with Crippen LogP contribution in [0.3, 0.4) is 0 Å². The van der Waals surface area contributed by atoms with Gasteiger partial charge in [0.1, 0.15) is 0 Å². The van der Waals surface area contributed by atoms with Crippen LogP contribution in [0.25, 0.3) is 77.6 Å². The van der Waals surface area contributed by atoms with Crippen molar-refractivity contribution in [2.45, 2.75) is 19.3 Å². The molecule has 0 N–H and O–H groups in total. The van der Waals surface area contributed by atoms with Gasteiger partial charge in [-0.15, -0.1) is 0 Å². The van der Waals surface area contributed by atoms with Crippen LogP contribution in [0.2, 0.25) is 0 Å². The van der Waals surface area contributed by atoms with Crippen molar-refractivity contribution in [3.8, 4) is 45.3 Å². The van der Waals surface area contributed by atoms with Gasteiger partial charge in [-0.05, 0) is 60.6 Å². The second-order valence-corrected chi connectivity index (χ2v) is 12.4. The van der Waals surface area contributed by atoms with Crippen molar-refractivity contribution in [3.05, 3.63) is 151 Å². The van der Waals surface area contributed by atoms with Gasteiger partial charge in [0.25, 0.3) is 0 Å². The van der Waals surface area contributed by atoms with Crippen molar-refractivity contribution >= 4 is 32.3 Å². The van der Waals surface area contributed by atoms with Crippen molar-refractivity contribution < 1.29 is 0 Å². The molecule has 8 aromatic rings. The van der Waals surface area contributed by atoms with Crippen molar-refractivity contribution in [2.24, 2.45) is 0 Å². The number of fused-ring (bicyclic) bond motifs is 7. The predicted molar refractivity (Wildman–Crippen MR) is 186 cm³/mol. The average molecular weight is 576 g/mol. The lowest BCUT2D eigenvalue weighted by Gasteiger charge is -2.21. The fourth-order valence-corrected chi connectivity index (χ4v) is 7.33. The first kappa shape index (κ1) is 25.8. The molecule has 1 heterocycles. The van der Waals surface area contributed by atoms with E-state index in [0.717, 1.165) is 32.8 Å². The van der Waals surface area contributed by atoms with Crippen molar-refractivity contribution in [3.63, 3.8) is 0 Å². The molecular formula is C42H29N3. The first-order valence-corrected chi connectivity index (χ1v) is 15.5. The molecule has 45 heavy (non-hydrogen) atoms. The lowest BCUT2D eigenvalue weighted by Crippen LogP contribution is -2.14. The molecule has 0 amide bonds. The van der Waals surface area contributed by atoms with Gasteiger partial charge >= 0.3 is 0 Å². The van der Waals surface area contributed by atoms with Gasteiger partial charge in [-0.3, -0.25) is 0 Å². The van der Waals surface area contributed by atoms with Crippen molar-refractivity contribution in [1.29, 1.82) is 0 Å². The minimum atomic E-state index is -0.118. The van der Waals surface area contributed by atoms with Gasteiger partial charge < -0.3 is 0 Å². The number of hydrogen-bond donors (Lipinski definition) is 0. The van der Waals surface area contributed by atoms with Crippen LogP contribution in [-0.4, -0.2) is 15.0 Å². The van der Waals surface area contributed by atoms with E-state index in [1.807, 2.05) is 18.2 Å². The zero-order valence-corrected chi connectivity index (χ0v) is 25.1. The molecule has 212 valence electrons. The van der Waals surface area contributed by atoms with E-state index in [1.54, 1.807) is 0 Å². The Labute approximate surface area is 261 Å². The number of hydrogen-bond acceptors (Lipinski definition) is 3. The molecule has 0 saturated carbocycles. The molecule has 0 bridgehead atoms. The second-order valence-electron chi connectivity index (χ2n) is 12.4. The van der Waals surface area contributed by atoms with Crippen LogP contribution in [0.15, 0.2) is 140 Å². The number of benzene rings is 7. The fraction of sp³-hybridized carbons (Fsp3) is 0.0714. The van der Waals surface area contributed by atoms with Gasteiger partial charge in [-0.2, -0.15) is 0 Å². The molecule has 0 saturated heterocycles. The molecule has 0 aliphatic heterocycles. The van der Waals surface area contributed by atoms with E-state index in [2.05, 4.69) is 135 Å². The van der Waals surface area contributed by atoms with Gasteiger partial charge in [0.15, 0.2) is 17.5 Å². The molecule has 7 aromatic carbocycles. The second kappa shape index (κ2) is 9.67. The van der Waals surface area contributed by atoms with E-state index < -0.39 is 0 Å². The quantitative estimate of drug-likeness (QED) is 0.155. The fourth-order valence-electron chi connectivity index (χ4n) is 7.33. The minimum Gasteiger partial charge on any atom is -0.208 e. The molecule has 0 atom stereocenters. The largest absolute Gasteiger partial charge is 0.208 e. The summed E-state index contributed by atoms with van der Waals surface area (Å²) >= 11 is 0. The molecule has 1 aliphatic carbocycles. The maximum atomic E-state index is 5.36. The summed E-state index contributed by atoms with van der Waals surface area (Å²) in [6.45, 7) is 4.62.